The van der Waals surface area contributed by atoms with E-state index in [0.29, 0.717) is 18.1 Å². The van der Waals surface area contributed by atoms with Crippen molar-refractivity contribution in [2.24, 2.45) is 17.8 Å². The fraction of sp³-hybridized carbons (Fsp3) is 0.545. The summed E-state index contributed by atoms with van der Waals surface area (Å²) in [5.74, 6) is 3.25. The number of nitro groups is 1. The van der Waals surface area contributed by atoms with E-state index >= 15 is 0 Å². The van der Waals surface area contributed by atoms with Gasteiger partial charge >= 0.3 is 5.95 Å². The summed E-state index contributed by atoms with van der Waals surface area (Å²) in [6.45, 7) is 0.328. The lowest BCUT2D eigenvalue weighted by molar-refractivity contribution is -0.685. The first-order valence-corrected chi connectivity index (χ1v) is 10.6. The van der Waals surface area contributed by atoms with Crippen LogP contribution in [-0.2, 0) is 17.7 Å². The first-order valence-electron chi connectivity index (χ1n) is 10.6. The summed E-state index contributed by atoms with van der Waals surface area (Å²) < 4.78 is 1.94. The topological polar surface area (TPSA) is 92.2 Å². The number of aliphatic hydroxyl groups is 1. The van der Waals surface area contributed by atoms with Crippen molar-refractivity contribution in [2.45, 2.75) is 56.2 Å². The van der Waals surface area contributed by atoms with Crippen molar-refractivity contribution in [3.8, 4) is 0 Å². The Morgan fingerprint density at radius 2 is 1.67 bits per heavy atom. The highest BCUT2D eigenvalue weighted by Crippen LogP contribution is 2.60. The van der Waals surface area contributed by atoms with Crippen LogP contribution < -0.4 is 26.9 Å². The van der Waals surface area contributed by atoms with Gasteiger partial charge in [-0.1, -0.05) is 4.98 Å². The summed E-state index contributed by atoms with van der Waals surface area (Å²) in [6, 6.07) is 8.23. The van der Waals surface area contributed by atoms with E-state index in [1.165, 1.54) is 56.4 Å². The molecule has 30 heavy (non-hydrogen) atoms. The minimum atomic E-state index is -1.31. The Balaban J connectivity index is 0.00000193. The van der Waals surface area contributed by atoms with Gasteiger partial charge in [-0.15, -0.1) is 0 Å². The van der Waals surface area contributed by atoms with E-state index in [1.54, 1.807) is 12.1 Å². The Kier molecular flexibility index (Phi) is 4.45. The lowest BCUT2D eigenvalue weighted by Crippen LogP contribution is -3.00. The van der Waals surface area contributed by atoms with Crippen molar-refractivity contribution < 1.29 is 31.6 Å². The second kappa shape index (κ2) is 6.72. The Bertz CT molecular complexity index is 977. The summed E-state index contributed by atoms with van der Waals surface area (Å²) in [7, 11) is 0. The molecular formula is C22H25BrN4O3. The molecule has 7 nitrogen and oxygen atoms in total. The highest BCUT2D eigenvalue weighted by molar-refractivity contribution is 5.40. The Morgan fingerprint density at radius 1 is 1.07 bits per heavy atom. The molecule has 1 aromatic carbocycles. The molecule has 1 atom stereocenters. The normalized spacial score (nSPS) is 35.4. The minimum absolute atomic E-state index is 0. The van der Waals surface area contributed by atoms with E-state index in [4.69, 9.17) is 4.98 Å². The van der Waals surface area contributed by atoms with Crippen LogP contribution in [0.1, 0.15) is 49.8 Å². The van der Waals surface area contributed by atoms with Gasteiger partial charge in [0.25, 0.3) is 5.69 Å². The quantitative estimate of drug-likeness (QED) is 0.373. The Labute approximate surface area is 185 Å². The number of nitrogens with zero attached hydrogens (tertiary/aromatic N) is 3. The van der Waals surface area contributed by atoms with Crippen LogP contribution in [0.5, 0.6) is 0 Å². The minimum Gasteiger partial charge on any atom is -1.00 e. The predicted molar refractivity (Wildman–Crippen MR) is 105 cm³/mol. The van der Waals surface area contributed by atoms with E-state index < -0.39 is 10.6 Å². The molecule has 4 fully saturated rings. The van der Waals surface area contributed by atoms with Gasteiger partial charge in [0.05, 0.1) is 11.1 Å². The molecule has 4 aliphatic carbocycles. The smallest absolute Gasteiger partial charge is 0.394 e. The third kappa shape index (κ3) is 2.95. The molecule has 0 spiro atoms. The maximum absolute atomic E-state index is 11.2. The number of anilines is 1. The first kappa shape index (κ1) is 19.9. The van der Waals surface area contributed by atoms with Crippen LogP contribution in [0, 0.1) is 27.9 Å². The molecule has 4 saturated carbocycles. The summed E-state index contributed by atoms with van der Waals surface area (Å²) in [6.07, 6.45) is 9.99. The molecule has 2 N–H and O–H groups in total. The average molecular weight is 473 g/mol. The van der Waals surface area contributed by atoms with Crippen molar-refractivity contribution >= 4 is 11.6 Å². The molecule has 1 aliphatic heterocycles. The molecule has 1 unspecified atom stereocenters. The van der Waals surface area contributed by atoms with Crippen molar-refractivity contribution in [3.05, 3.63) is 57.9 Å². The molecule has 8 heteroatoms. The van der Waals surface area contributed by atoms with Gasteiger partial charge in [0.15, 0.2) is 0 Å². The van der Waals surface area contributed by atoms with Gasteiger partial charge in [0.2, 0.25) is 5.72 Å². The first-order chi connectivity index (χ1) is 13.9. The van der Waals surface area contributed by atoms with E-state index in [1.807, 2.05) is 10.8 Å². The molecule has 4 bridgehead atoms. The van der Waals surface area contributed by atoms with Crippen molar-refractivity contribution in [3.63, 3.8) is 0 Å². The largest absolute Gasteiger partial charge is 1.00 e. The zero-order valence-electron chi connectivity index (χ0n) is 16.6. The highest BCUT2D eigenvalue weighted by Gasteiger charge is 2.54. The van der Waals surface area contributed by atoms with Crippen LogP contribution in [0.15, 0.2) is 36.5 Å². The van der Waals surface area contributed by atoms with Crippen LogP contribution in [0.4, 0.5) is 11.6 Å². The lowest BCUT2D eigenvalue weighted by atomic mass is 9.49. The fourth-order valence-electron chi connectivity index (χ4n) is 6.89. The van der Waals surface area contributed by atoms with Crippen LogP contribution in [-0.4, -0.2) is 15.0 Å². The number of aromatic nitrogens is 2. The van der Waals surface area contributed by atoms with E-state index in [-0.39, 0.29) is 28.1 Å². The number of hydrogen-bond acceptors (Lipinski definition) is 5. The Hall–Kier alpha value is -2.06. The van der Waals surface area contributed by atoms with Gasteiger partial charge in [-0.05, 0) is 68.4 Å². The lowest BCUT2D eigenvalue weighted by Gasteiger charge is -2.55. The third-order valence-electron chi connectivity index (χ3n) is 7.77. The zero-order chi connectivity index (χ0) is 19.8. The molecule has 158 valence electrons. The second-order valence-corrected chi connectivity index (χ2v) is 9.75. The molecule has 2 aromatic rings. The van der Waals surface area contributed by atoms with Crippen molar-refractivity contribution in [1.82, 2.24) is 4.98 Å². The van der Waals surface area contributed by atoms with Gasteiger partial charge in [-0.3, -0.25) is 10.1 Å². The molecule has 1 aromatic heterocycles. The highest BCUT2D eigenvalue weighted by atomic mass is 79.9. The Morgan fingerprint density at radius 3 is 2.23 bits per heavy atom. The molecular weight excluding hydrogens is 448 g/mol. The number of halogens is 1. The zero-order valence-corrected chi connectivity index (χ0v) is 18.2. The number of hydrogen-bond donors (Lipinski definition) is 2. The van der Waals surface area contributed by atoms with Gasteiger partial charge < -0.3 is 22.1 Å². The molecule has 0 amide bonds. The van der Waals surface area contributed by atoms with E-state index in [0.717, 1.165) is 17.8 Å². The number of non-ortho nitro benzene ring substituents is 1. The van der Waals surface area contributed by atoms with Gasteiger partial charge in [-0.25, -0.2) is 9.88 Å². The number of fused-ring (bicyclic) bond motifs is 1. The molecule has 0 saturated heterocycles. The summed E-state index contributed by atoms with van der Waals surface area (Å²) in [4.78, 5) is 15.5. The molecule has 2 heterocycles. The second-order valence-electron chi connectivity index (χ2n) is 9.75. The van der Waals surface area contributed by atoms with Crippen LogP contribution in [0.3, 0.4) is 0 Å². The van der Waals surface area contributed by atoms with Crippen molar-refractivity contribution in [1.29, 1.82) is 0 Å². The monoisotopic (exact) mass is 472 g/mol. The van der Waals surface area contributed by atoms with Crippen LogP contribution in [0.2, 0.25) is 0 Å². The van der Waals surface area contributed by atoms with Gasteiger partial charge in [0.1, 0.15) is 12.2 Å². The summed E-state index contributed by atoms with van der Waals surface area (Å²) in [5.41, 5.74) is 0.686. The molecule has 7 rings (SSSR count). The SMILES string of the molecule is O=[N+]([O-])c1ccc(C2(O)C[n+]3ccc(C45CC6CC(CC(C6)C4)C5)nc3N2)cc1.[Br-]. The van der Waals surface area contributed by atoms with Crippen LogP contribution in [0.25, 0.3) is 0 Å². The average Bonchev–Trinajstić information content (AvgIpc) is 3.03. The molecule has 0 radical (unpaired) electrons. The van der Waals surface area contributed by atoms with E-state index in [2.05, 4.69) is 11.4 Å². The molecule has 5 aliphatic rings. The van der Waals surface area contributed by atoms with Gasteiger partial charge in [-0.2, -0.15) is 0 Å². The van der Waals surface area contributed by atoms with Crippen molar-refractivity contribution in [2.75, 3.05) is 5.32 Å². The maximum atomic E-state index is 11.2. The number of nitrogens with one attached hydrogen (secondary N) is 1. The van der Waals surface area contributed by atoms with Gasteiger partial charge in [0, 0.05) is 29.2 Å². The number of benzene rings is 1. The van der Waals surface area contributed by atoms with E-state index in [9.17, 15) is 15.2 Å². The maximum Gasteiger partial charge on any atom is 0.394 e. The summed E-state index contributed by atoms with van der Waals surface area (Å²) in [5, 5.41) is 25.3. The predicted octanol–water partition coefficient (Wildman–Crippen LogP) is 0.0199. The fourth-order valence-corrected chi connectivity index (χ4v) is 6.89. The summed E-state index contributed by atoms with van der Waals surface area (Å²) >= 11 is 0. The third-order valence-corrected chi connectivity index (χ3v) is 7.77. The number of nitro benzene ring substituents is 1. The number of rotatable bonds is 3. The standard InChI is InChI=1S/C22H24N4O3.BrH/c27-22(17-1-3-18(4-2-17)26(28)29)13-25-6-5-19(23-20(25)24-22)21-10-14-7-15(11-21)9-16(8-14)12-21;/h1-6,14-16,27H,7-13H2;1H. The van der Waals surface area contributed by atoms with Crippen LogP contribution >= 0.6 is 0 Å².